The van der Waals surface area contributed by atoms with Crippen LogP contribution in [-0.4, -0.2) is 35.3 Å². The zero-order valence-corrected chi connectivity index (χ0v) is 13.8. The molecule has 2 N–H and O–H groups in total. The number of para-hydroxylation sites is 1. The number of piperidine rings is 1. The summed E-state index contributed by atoms with van der Waals surface area (Å²) in [5.74, 6) is 0. The molecule has 0 atom stereocenters. The molecule has 3 rings (SSSR count). The van der Waals surface area contributed by atoms with Crippen LogP contribution >= 0.6 is 0 Å². The number of anilines is 2. The maximum absolute atomic E-state index is 12.2. The predicted molar refractivity (Wildman–Crippen MR) is 88.2 cm³/mol. The third kappa shape index (κ3) is 2.85. The second-order valence-corrected chi connectivity index (χ2v) is 7.30. The summed E-state index contributed by atoms with van der Waals surface area (Å²) in [7, 11) is 0. The van der Waals surface area contributed by atoms with Gasteiger partial charge in [-0.15, -0.1) is 0 Å². The van der Waals surface area contributed by atoms with Crippen LogP contribution in [0.15, 0.2) is 18.2 Å². The molecule has 22 heavy (non-hydrogen) atoms. The van der Waals surface area contributed by atoms with E-state index in [9.17, 15) is 4.79 Å². The molecule has 2 aliphatic heterocycles. The highest BCUT2D eigenvalue weighted by atomic mass is 16.6. The number of aryl methyl sites for hydroxylation is 1. The third-order valence-corrected chi connectivity index (χ3v) is 4.28. The van der Waals surface area contributed by atoms with Crippen molar-refractivity contribution in [2.75, 3.05) is 23.7 Å². The van der Waals surface area contributed by atoms with Gasteiger partial charge >= 0.3 is 6.09 Å². The third-order valence-electron chi connectivity index (χ3n) is 4.28. The highest BCUT2D eigenvalue weighted by Gasteiger charge is 2.41. The van der Waals surface area contributed by atoms with Crippen molar-refractivity contribution < 1.29 is 9.53 Å². The molecular weight excluding hydrogens is 278 g/mol. The molecule has 0 unspecified atom stereocenters. The zero-order valence-electron chi connectivity index (χ0n) is 13.8. The van der Waals surface area contributed by atoms with Crippen LogP contribution in [0, 0.1) is 6.92 Å². The predicted octanol–water partition coefficient (Wildman–Crippen LogP) is 3.56. The first-order valence-corrected chi connectivity index (χ1v) is 7.92. The number of nitrogens with one attached hydrogen (secondary N) is 2. The summed E-state index contributed by atoms with van der Waals surface area (Å²) in [6.45, 7) is 9.20. The highest BCUT2D eigenvalue weighted by Crippen LogP contribution is 2.40. The molecule has 5 nitrogen and oxygen atoms in total. The summed E-state index contributed by atoms with van der Waals surface area (Å²) >= 11 is 0. The van der Waals surface area contributed by atoms with Gasteiger partial charge in [0.05, 0.1) is 11.4 Å². The SMILES string of the molecule is Cc1cccc2c1NC1(CCN(C(=O)OC(C)(C)C)CC1)N2. The van der Waals surface area contributed by atoms with E-state index < -0.39 is 5.60 Å². The number of amides is 1. The van der Waals surface area contributed by atoms with Crippen LogP contribution in [-0.2, 0) is 4.74 Å². The van der Waals surface area contributed by atoms with Crippen molar-refractivity contribution in [1.29, 1.82) is 0 Å². The molecule has 2 heterocycles. The quantitative estimate of drug-likeness (QED) is 0.769. The number of fused-ring (bicyclic) bond motifs is 1. The number of likely N-dealkylation sites (tertiary alicyclic amines) is 1. The van der Waals surface area contributed by atoms with Gasteiger partial charge in [0.15, 0.2) is 0 Å². The maximum atomic E-state index is 12.2. The molecule has 2 aliphatic rings. The number of hydrogen-bond acceptors (Lipinski definition) is 4. The zero-order chi connectivity index (χ0) is 16.0. The Morgan fingerprint density at radius 1 is 1.23 bits per heavy atom. The van der Waals surface area contributed by atoms with E-state index >= 15 is 0 Å². The second-order valence-electron chi connectivity index (χ2n) is 7.30. The molecule has 1 fully saturated rings. The minimum Gasteiger partial charge on any atom is -0.444 e. The average Bonchev–Trinajstić information content (AvgIpc) is 2.77. The van der Waals surface area contributed by atoms with Crippen LogP contribution in [0.5, 0.6) is 0 Å². The molecule has 5 heteroatoms. The molecule has 1 spiro atoms. The highest BCUT2D eigenvalue weighted by molar-refractivity contribution is 5.79. The number of ether oxygens (including phenoxy) is 1. The van der Waals surface area contributed by atoms with E-state index in [1.807, 2.05) is 20.8 Å². The fraction of sp³-hybridized carbons (Fsp3) is 0.588. The second kappa shape index (κ2) is 5.07. The summed E-state index contributed by atoms with van der Waals surface area (Å²) < 4.78 is 5.46. The lowest BCUT2D eigenvalue weighted by molar-refractivity contribution is 0.0188. The lowest BCUT2D eigenvalue weighted by Gasteiger charge is -2.40. The Balaban J connectivity index is 1.64. The maximum Gasteiger partial charge on any atom is 0.410 e. The van der Waals surface area contributed by atoms with E-state index in [-0.39, 0.29) is 11.8 Å². The van der Waals surface area contributed by atoms with Gasteiger partial charge in [0.1, 0.15) is 11.3 Å². The van der Waals surface area contributed by atoms with E-state index in [4.69, 9.17) is 4.74 Å². The molecule has 1 saturated heterocycles. The van der Waals surface area contributed by atoms with Gasteiger partial charge in [-0.1, -0.05) is 12.1 Å². The summed E-state index contributed by atoms with van der Waals surface area (Å²) in [4.78, 5) is 14.0. The van der Waals surface area contributed by atoms with Gasteiger partial charge in [-0.2, -0.15) is 0 Å². The minimum atomic E-state index is -0.441. The van der Waals surface area contributed by atoms with Crippen molar-refractivity contribution in [3.05, 3.63) is 23.8 Å². The Morgan fingerprint density at radius 3 is 2.50 bits per heavy atom. The minimum absolute atomic E-state index is 0.132. The first-order chi connectivity index (χ1) is 10.3. The summed E-state index contributed by atoms with van der Waals surface area (Å²) in [6, 6.07) is 6.28. The van der Waals surface area contributed by atoms with Crippen molar-refractivity contribution in [2.24, 2.45) is 0 Å². The van der Waals surface area contributed by atoms with Crippen LogP contribution in [0.25, 0.3) is 0 Å². The van der Waals surface area contributed by atoms with E-state index in [2.05, 4.69) is 35.8 Å². The smallest absolute Gasteiger partial charge is 0.410 e. The Hall–Kier alpha value is -1.91. The van der Waals surface area contributed by atoms with E-state index in [0.717, 1.165) is 18.5 Å². The molecule has 0 saturated carbocycles. The van der Waals surface area contributed by atoms with Crippen molar-refractivity contribution in [2.45, 2.75) is 51.8 Å². The monoisotopic (exact) mass is 303 g/mol. The average molecular weight is 303 g/mol. The van der Waals surface area contributed by atoms with E-state index in [1.54, 1.807) is 4.90 Å². The Morgan fingerprint density at radius 2 is 1.91 bits per heavy atom. The largest absolute Gasteiger partial charge is 0.444 e. The van der Waals surface area contributed by atoms with Crippen LogP contribution in [0.1, 0.15) is 39.2 Å². The molecule has 0 aromatic heterocycles. The summed E-state index contributed by atoms with van der Waals surface area (Å²) in [5, 5.41) is 7.24. The van der Waals surface area contributed by atoms with Crippen LogP contribution in [0.4, 0.5) is 16.2 Å². The molecule has 1 aromatic carbocycles. The first-order valence-electron chi connectivity index (χ1n) is 7.92. The molecule has 0 radical (unpaired) electrons. The topological polar surface area (TPSA) is 53.6 Å². The fourth-order valence-corrected chi connectivity index (χ4v) is 3.11. The standard InChI is InChI=1S/C17H25N3O2/c1-12-6-5-7-13-14(12)19-17(18-13)8-10-20(11-9-17)15(21)22-16(2,3)4/h5-7,18-19H,8-11H2,1-4H3. The van der Waals surface area contributed by atoms with Crippen molar-refractivity contribution in [3.63, 3.8) is 0 Å². The number of rotatable bonds is 0. The lowest BCUT2D eigenvalue weighted by Crippen LogP contribution is -2.53. The Labute approximate surface area is 132 Å². The molecular formula is C17H25N3O2. The van der Waals surface area contributed by atoms with Gasteiger partial charge in [-0.05, 0) is 39.3 Å². The van der Waals surface area contributed by atoms with Crippen molar-refractivity contribution in [1.82, 2.24) is 4.90 Å². The van der Waals surface area contributed by atoms with Crippen LogP contribution in [0.3, 0.4) is 0 Å². The van der Waals surface area contributed by atoms with Crippen molar-refractivity contribution in [3.8, 4) is 0 Å². The number of benzene rings is 1. The van der Waals surface area contributed by atoms with Gasteiger partial charge in [0, 0.05) is 25.9 Å². The normalized spacial score (nSPS) is 19.4. The lowest BCUT2D eigenvalue weighted by atomic mass is 9.98. The van der Waals surface area contributed by atoms with Crippen LogP contribution in [0.2, 0.25) is 0 Å². The summed E-state index contributed by atoms with van der Waals surface area (Å²) in [5.41, 5.74) is 3.02. The molecule has 0 bridgehead atoms. The fourth-order valence-electron chi connectivity index (χ4n) is 3.11. The van der Waals surface area contributed by atoms with E-state index in [0.29, 0.717) is 13.1 Å². The van der Waals surface area contributed by atoms with Crippen molar-refractivity contribution >= 4 is 17.5 Å². The molecule has 1 aromatic rings. The van der Waals surface area contributed by atoms with Gasteiger partial charge in [-0.25, -0.2) is 4.79 Å². The number of carbonyl (C=O) groups is 1. The number of carbonyl (C=O) groups excluding carboxylic acids is 1. The van der Waals surface area contributed by atoms with Gasteiger partial charge < -0.3 is 20.3 Å². The molecule has 120 valence electrons. The van der Waals surface area contributed by atoms with Crippen LogP contribution < -0.4 is 10.6 Å². The Kier molecular flexibility index (Phi) is 3.46. The van der Waals surface area contributed by atoms with Gasteiger partial charge in [0.25, 0.3) is 0 Å². The molecule has 0 aliphatic carbocycles. The Bertz CT molecular complexity index is 584. The summed E-state index contributed by atoms with van der Waals surface area (Å²) in [6.07, 6.45) is 1.51. The molecule has 1 amide bonds. The number of hydrogen-bond donors (Lipinski definition) is 2. The van der Waals surface area contributed by atoms with E-state index in [1.165, 1.54) is 11.3 Å². The van der Waals surface area contributed by atoms with Gasteiger partial charge in [-0.3, -0.25) is 0 Å². The first kappa shape index (κ1) is 15.0. The van der Waals surface area contributed by atoms with Gasteiger partial charge in [0.2, 0.25) is 0 Å². The number of nitrogens with zero attached hydrogens (tertiary/aromatic N) is 1.